The van der Waals surface area contributed by atoms with E-state index in [1.165, 1.54) is 11.3 Å². The summed E-state index contributed by atoms with van der Waals surface area (Å²) >= 11 is 2.42. The molecule has 1 aliphatic heterocycles. The van der Waals surface area contributed by atoms with Gasteiger partial charge in [-0.15, -0.1) is 11.3 Å². The van der Waals surface area contributed by atoms with Gasteiger partial charge in [0.25, 0.3) is 15.9 Å². The molecule has 10 nitrogen and oxygen atoms in total. The highest BCUT2D eigenvalue weighted by Gasteiger charge is 2.20. The molecular formula is C21H23N7O3S3. The van der Waals surface area contributed by atoms with E-state index < -0.39 is 10.0 Å². The molecule has 0 spiro atoms. The Morgan fingerprint density at radius 3 is 2.88 bits per heavy atom. The Labute approximate surface area is 204 Å². The highest BCUT2D eigenvalue weighted by Crippen LogP contribution is 2.30. The number of carbonyl (C=O) groups is 1. The monoisotopic (exact) mass is 517 g/mol. The number of anilines is 2. The number of benzene rings is 1. The molecule has 4 N–H and O–H groups in total. The molecule has 34 heavy (non-hydrogen) atoms. The third-order valence-corrected chi connectivity index (χ3v) is 9.10. The number of nitrogens with one attached hydrogen (secondary N) is 2. The standard InChI is InChI=1S/C21H23N7O3S3/c22-6-9-27-7-2-8-28-15(13-27)12-17(25-28)20(29)24-21-23-16-5-4-14(11-18(16)33-21)26-34(30,31)19-3-1-10-32-19/h1,3-5,10-12,26H,2,6-9,13,22H2,(H,23,24,29). The lowest BCUT2D eigenvalue weighted by Gasteiger charge is -2.17. The van der Waals surface area contributed by atoms with Crippen molar-refractivity contribution in [2.75, 3.05) is 29.7 Å². The van der Waals surface area contributed by atoms with Gasteiger partial charge in [0.2, 0.25) is 0 Å². The smallest absolute Gasteiger partial charge is 0.277 e. The maximum atomic E-state index is 12.8. The van der Waals surface area contributed by atoms with Gasteiger partial charge >= 0.3 is 0 Å². The minimum atomic E-state index is -3.64. The molecule has 178 valence electrons. The van der Waals surface area contributed by atoms with Gasteiger partial charge in [-0.1, -0.05) is 17.4 Å². The average Bonchev–Trinajstić information content (AvgIpc) is 3.52. The van der Waals surface area contributed by atoms with Crippen LogP contribution in [0.5, 0.6) is 0 Å². The van der Waals surface area contributed by atoms with E-state index in [0.29, 0.717) is 35.1 Å². The average molecular weight is 518 g/mol. The van der Waals surface area contributed by atoms with Crippen molar-refractivity contribution in [1.29, 1.82) is 0 Å². The second-order valence-electron chi connectivity index (χ2n) is 7.86. The Kier molecular flexibility index (Phi) is 6.36. The van der Waals surface area contributed by atoms with E-state index in [1.807, 2.05) is 10.7 Å². The number of fused-ring (bicyclic) bond motifs is 2. The Bertz CT molecular complexity index is 1430. The summed E-state index contributed by atoms with van der Waals surface area (Å²) in [6.45, 7) is 3.83. The Morgan fingerprint density at radius 2 is 2.09 bits per heavy atom. The molecule has 13 heteroatoms. The molecule has 0 fully saturated rings. The van der Waals surface area contributed by atoms with Gasteiger partial charge < -0.3 is 5.73 Å². The number of aromatic nitrogens is 3. The van der Waals surface area contributed by atoms with Crippen molar-refractivity contribution in [2.45, 2.75) is 23.7 Å². The molecule has 0 saturated carbocycles. The maximum Gasteiger partial charge on any atom is 0.277 e. The summed E-state index contributed by atoms with van der Waals surface area (Å²) in [5.74, 6) is -0.330. The van der Waals surface area contributed by atoms with Crippen molar-refractivity contribution in [3.05, 3.63) is 53.2 Å². The lowest BCUT2D eigenvalue weighted by atomic mass is 10.3. The van der Waals surface area contributed by atoms with Crippen molar-refractivity contribution >= 4 is 59.6 Å². The number of rotatable bonds is 7. The quantitative estimate of drug-likeness (QED) is 0.343. The van der Waals surface area contributed by atoms with Crippen molar-refractivity contribution in [1.82, 2.24) is 19.7 Å². The van der Waals surface area contributed by atoms with Crippen molar-refractivity contribution in [2.24, 2.45) is 5.73 Å². The summed E-state index contributed by atoms with van der Waals surface area (Å²) in [6.07, 6.45) is 0.951. The number of hydrogen-bond donors (Lipinski definition) is 3. The number of amides is 1. The highest BCUT2D eigenvalue weighted by molar-refractivity contribution is 7.94. The van der Waals surface area contributed by atoms with Gasteiger partial charge in [0.05, 0.1) is 21.6 Å². The van der Waals surface area contributed by atoms with E-state index in [2.05, 4.69) is 25.0 Å². The van der Waals surface area contributed by atoms with Gasteiger partial charge in [-0.3, -0.25) is 24.4 Å². The SMILES string of the molecule is NCCN1CCCn2nc(C(=O)Nc3nc4ccc(NS(=O)(=O)c5cccs5)cc4s3)cc2C1. The summed E-state index contributed by atoms with van der Waals surface area (Å²) in [5, 5.41) is 9.44. The lowest BCUT2D eigenvalue weighted by Crippen LogP contribution is -2.29. The Hall–Kier alpha value is -2.84. The molecule has 0 aliphatic carbocycles. The minimum Gasteiger partial charge on any atom is -0.329 e. The first-order chi connectivity index (χ1) is 16.4. The molecule has 0 saturated heterocycles. The van der Waals surface area contributed by atoms with Crippen LogP contribution in [0.4, 0.5) is 10.8 Å². The summed E-state index contributed by atoms with van der Waals surface area (Å²) in [5.41, 5.74) is 8.12. The van der Waals surface area contributed by atoms with Crippen LogP contribution in [0.25, 0.3) is 10.2 Å². The minimum absolute atomic E-state index is 0.245. The summed E-state index contributed by atoms with van der Waals surface area (Å²) in [7, 11) is -3.64. The molecule has 3 aromatic heterocycles. The molecule has 0 atom stereocenters. The van der Waals surface area contributed by atoms with Gasteiger partial charge in [0, 0.05) is 32.7 Å². The van der Waals surface area contributed by atoms with Crippen molar-refractivity contribution in [3.63, 3.8) is 0 Å². The van der Waals surface area contributed by atoms with Crippen LogP contribution in [0, 0.1) is 0 Å². The van der Waals surface area contributed by atoms with E-state index >= 15 is 0 Å². The van der Waals surface area contributed by atoms with Crippen LogP contribution in [0.3, 0.4) is 0 Å². The number of thiazole rings is 1. The number of nitrogens with two attached hydrogens (primary N) is 1. The normalized spacial score (nSPS) is 14.6. The molecule has 0 radical (unpaired) electrons. The molecule has 1 aromatic carbocycles. The predicted octanol–water partition coefficient (Wildman–Crippen LogP) is 2.77. The highest BCUT2D eigenvalue weighted by atomic mass is 32.2. The molecule has 1 aliphatic rings. The van der Waals surface area contributed by atoms with E-state index in [-0.39, 0.29) is 10.1 Å². The van der Waals surface area contributed by atoms with Crippen molar-refractivity contribution in [3.8, 4) is 0 Å². The van der Waals surface area contributed by atoms with Crippen LogP contribution >= 0.6 is 22.7 Å². The summed E-state index contributed by atoms with van der Waals surface area (Å²) in [6, 6.07) is 10.1. The topological polar surface area (TPSA) is 135 Å². The summed E-state index contributed by atoms with van der Waals surface area (Å²) < 4.78 is 30.4. The number of carbonyl (C=O) groups excluding carboxylic acids is 1. The molecular weight excluding hydrogens is 494 g/mol. The Morgan fingerprint density at radius 1 is 1.21 bits per heavy atom. The fourth-order valence-electron chi connectivity index (χ4n) is 3.84. The number of sulfonamides is 1. The number of thiophene rings is 1. The molecule has 0 bridgehead atoms. The van der Waals surface area contributed by atoms with Crippen LogP contribution in [-0.4, -0.2) is 53.6 Å². The van der Waals surface area contributed by atoms with Crippen LogP contribution in [0.2, 0.25) is 0 Å². The zero-order valence-corrected chi connectivity index (χ0v) is 20.5. The van der Waals surface area contributed by atoms with Crippen LogP contribution in [0.15, 0.2) is 46.0 Å². The first-order valence-corrected chi connectivity index (χ1v) is 13.9. The molecule has 0 unspecified atom stereocenters. The zero-order valence-electron chi connectivity index (χ0n) is 18.1. The number of hydrogen-bond acceptors (Lipinski definition) is 9. The number of aryl methyl sites for hydroxylation is 1. The zero-order chi connectivity index (χ0) is 23.7. The maximum absolute atomic E-state index is 12.8. The van der Waals surface area contributed by atoms with E-state index in [1.54, 1.807) is 35.7 Å². The molecule has 1 amide bonds. The largest absolute Gasteiger partial charge is 0.329 e. The van der Waals surface area contributed by atoms with Gasteiger partial charge in [-0.25, -0.2) is 13.4 Å². The number of nitrogens with zero attached hydrogens (tertiary/aromatic N) is 4. The second kappa shape index (κ2) is 9.43. The fourth-order valence-corrected chi connectivity index (χ4v) is 6.78. The molecule has 4 aromatic rings. The van der Waals surface area contributed by atoms with Gasteiger partial charge in [0.15, 0.2) is 10.8 Å². The van der Waals surface area contributed by atoms with E-state index in [0.717, 1.165) is 47.8 Å². The fraction of sp³-hybridized carbons (Fsp3) is 0.286. The van der Waals surface area contributed by atoms with Crippen LogP contribution in [0.1, 0.15) is 22.6 Å². The van der Waals surface area contributed by atoms with Crippen LogP contribution in [-0.2, 0) is 23.1 Å². The summed E-state index contributed by atoms with van der Waals surface area (Å²) in [4.78, 5) is 19.6. The van der Waals surface area contributed by atoms with Gasteiger partial charge in [0.1, 0.15) is 4.21 Å². The lowest BCUT2D eigenvalue weighted by molar-refractivity contribution is 0.102. The first-order valence-electron chi connectivity index (χ1n) is 10.7. The second-order valence-corrected chi connectivity index (χ2v) is 11.7. The van der Waals surface area contributed by atoms with E-state index in [9.17, 15) is 13.2 Å². The molecule has 4 heterocycles. The van der Waals surface area contributed by atoms with Gasteiger partial charge in [-0.05, 0) is 42.1 Å². The van der Waals surface area contributed by atoms with Crippen LogP contribution < -0.4 is 15.8 Å². The molecule has 5 rings (SSSR count). The predicted molar refractivity (Wildman–Crippen MR) is 134 cm³/mol. The van der Waals surface area contributed by atoms with Gasteiger partial charge in [-0.2, -0.15) is 5.10 Å². The third kappa shape index (κ3) is 4.83. The third-order valence-electron chi connectivity index (χ3n) is 5.39. The Balaban J connectivity index is 1.31. The van der Waals surface area contributed by atoms with E-state index in [4.69, 9.17) is 5.73 Å². The first kappa shape index (κ1) is 22.9. The van der Waals surface area contributed by atoms with Crippen molar-refractivity contribution < 1.29 is 13.2 Å².